The van der Waals surface area contributed by atoms with Crippen LogP contribution in [0.4, 0.5) is 0 Å². The third-order valence-electron chi connectivity index (χ3n) is 2.88. The Hall–Kier alpha value is -0.890. The van der Waals surface area contributed by atoms with Crippen LogP contribution in [-0.2, 0) is 6.42 Å². The van der Waals surface area contributed by atoms with Crippen LogP contribution in [0.1, 0.15) is 24.6 Å². The van der Waals surface area contributed by atoms with Crippen LogP contribution in [0.25, 0.3) is 10.9 Å². The van der Waals surface area contributed by atoms with Gasteiger partial charge >= 0.3 is 0 Å². The van der Waals surface area contributed by atoms with E-state index in [4.69, 9.17) is 4.98 Å². The number of benzene rings is 1. The molecule has 1 heterocycles. The van der Waals surface area contributed by atoms with Crippen LogP contribution >= 0.6 is 15.9 Å². The summed E-state index contributed by atoms with van der Waals surface area (Å²) in [6.45, 7) is 4.33. The first-order chi connectivity index (χ1) is 7.70. The third kappa shape index (κ3) is 2.43. The van der Waals surface area contributed by atoms with Gasteiger partial charge in [0.25, 0.3) is 0 Å². The van der Waals surface area contributed by atoms with Crippen LogP contribution in [0.5, 0.6) is 0 Å². The van der Waals surface area contributed by atoms with E-state index in [1.807, 2.05) is 6.07 Å². The zero-order chi connectivity index (χ0) is 11.5. The smallest absolute Gasteiger partial charge is 0.0705 e. The number of alkyl halides is 1. The van der Waals surface area contributed by atoms with E-state index in [2.05, 4.69) is 54.0 Å². The second-order valence-corrected chi connectivity index (χ2v) is 5.45. The molecule has 16 heavy (non-hydrogen) atoms. The Kier molecular flexibility index (Phi) is 3.59. The Morgan fingerprint density at radius 2 is 2.06 bits per heavy atom. The summed E-state index contributed by atoms with van der Waals surface area (Å²) in [4.78, 5) is 5.26. The van der Waals surface area contributed by atoms with Crippen molar-refractivity contribution in [3.63, 3.8) is 0 Å². The molecule has 0 aliphatic rings. The van der Waals surface area contributed by atoms with Crippen molar-refractivity contribution >= 4 is 26.8 Å². The van der Waals surface area contributed by atoms with Crippen molar-refractivity contribution in [2.24, 2.45) is 0 Å². The van der Waals surface area contributed by atoms with Crippen molar-refractivity contribution < 1.29 is 0 Å². The summed E-state index contributed by atoms with van der Waals surface area (Å²) < 4.78 is 0. The maximum atomic E-state index is 4.73. The molecule has 0 aliphatic heterocycles. The molecule has 0 saturated heterocycles. The molecule has 0 radical (unpaired) electrons. The van der Waals surface area contributed by atoms with E-state index in [9.17, 15) is 0 Å². The number of hydrogen-bond donors (Lipinski definition) is 0. The predicted octanol–water partition coefficient (Wildman–Crippen LogP) is 4.26. The number of pyridine rings is 1. The van der Waals surface area contributed by atoms with Gasteiger partial charge in [0.2, 0.25) is 0 Å². The van der Waals surface area contributed by atoms with Gasteiger partial charge in [-0.2, -0.15) is 0 Å². The summed E-state index contributed by atoms with van der Waals surface area (Å²) in [5, 5.41) is 1.23. The van der Waals surface area contributed by atoms with Gasteiger partial charge < -0.3 is 0 Å². The largest absolute Gasteiger partial charge is 0.253 e. The molecule has 0 amide bonds. The normalized spacial score (nSPS) is 12.9. The molecule has 0 N–H and O–H groups in total. The molecule has 1 unspecified atom stereocenters. The Morgan fingerprint density at radius 1 is 1.31 bits per heavy atom. The number of nitrogens with zero attached hydrogens (tertiary/aromatic N) is 1. The van der Waals surface area contributed by atoms with Gasteiger partial charge in [-0.3, -0.25) is 4.98 Å². The van der Waals surface area contributed by atoms with Crippen LogP contribution in [0, 0.1) is 6.92 Å². The summed E-state index contributed by atoms with van der Waals surface area (Å²) in [5.74, 6) is 0. The molecular formula is C14H16BrN. The fourth-order valence-corrected chi connectivity index (χ4v) is 2.13. The summed E-state index contributed by atoms with van der Waals surface area (Å²) in [5.41, 5.74) is 3.60. The molecule has 2 heteroatoms. The van der Waals surface area contributed by atoms with E-state index in [0.29, 0.717) is 4.83 Å². The van der Waals surface area contributed by atoms with Crippen molar-refractivity contribution in [2.45, 2.75) is 31.5 Å². The molecule has 1 aromatic heterocycles. The third-order valence-corrected chi connectivity index (χ3v) is 3.85. The van der Waals surface area contributed by atoms with Gasteiger partial charge in [0, 0.05) is 22.3 Å². The van der Waals surface area contributed by atoms with Crippen LogP contribution in [0.3, 0.4) is 0 Å². The number of para-hydroxylation sites is 1. The minimum absolute atomic E-state index is 0.528. The lowest BCUT2D eigenvalue weighted by Gasteiger charge is -2.10. The first kappa shape index (κ1) is 11.6. The first-order valence-corrected chi connectivity index (χ1v) is 6.61. The summed E-state index contributed by atoms with van der Waals surface area (Å²) in [7, 11) is 0. The minimum Gasteiger partial charge on any atom is -0.253 e. The standard InChI is InChI=1S/C14H16BrN/c1-3-12(15)9-14-10(2)8-11-6-4-5-7-13(11)16-14/h4-8,12H,3,9H2,1-2H3. The number of rotatable bonds is 3. The van der Waals surface area contributed by atoms with Gasteiger partial charge in [-0.15, -0.1) is 0 Å². The molecule has 0 bridgehead atoms. The Labute approximate surface area is 105 Å². The average Bonchev–Trinajstić information content (AvgIpc) is 2.30. The predicted molar refractivity (Wildman–Crippen MR) is 73.2 cm³/mol. The average molecular weight is 278 g/mol. The molecule has 2 aromatic rings. The highest BCUT2D eigenvalue weighted by Crippen LogP contribution is 2.19. The highest BCUT2D eigenvalue weighted by Gasteiger charge is 2.08. The minimum atomic E-state index is 0.528. The number of halogens is 1. The quantitative estimate of drug-likeness (QED) is 0.764. The zero-order valence-electron chi connectivity index (χ0n) is 9.70. The fourth-order valence-electron chi connectivity index (χ4n) is 1.82. The molecular weight excluding hydrogens is 262 g/mol. The SMILES string of the molecule is CCC(Br)Cc1nc2ccccc2cc1C. The van der Waals surface area contributed by atoms with Crippen molar-refractivity contribution in [1.29, 1.82) is 0 Å². The lowest BCUT2D eigenvalue weighted by Crippen LogP contribution is -2.04. The monoisotopic (exact) mass is 277 g/mol. The van der Waals surface area contributed by atoms with E-state index in [-0.39, 0.29) is 0 Å². The second-order valence-electron chi connectivity index (χ2n) is 4.15. The van der Waals surface area contributed by atoms with E-state index < -0.39 is 0 Å². The molecule has 1 nitrogen and oxygen atoms in total. The lowest BCUT2D eigenvalue weighted by atomic mass is 10.1. The molecule has 0 spiro atoms. The van der Waals surface area contributed by atoms with E-state index >= 15 is 0 Å². The van der Waals surface area contributed by atoms with Crippen molar-refractivity contribution in [3.8, 4) is 0 Å². The maximum absolute atomic E-state index is 4.73. The highest BCUT2D eigenvalue weighted by atomic mass is 79.9. The van der Waals surface area contributed by atoms with Gasteiger partial charge in [-0.25, -0.2) is 0 Å². The molecule has 0 saturated carbocycles. The van der Waals surface area contributed by atoms with Gasteiger partial charge in [0.1, 0.15) is 0 Å². The second kappa shape index (κ2) is 4.96. The number of aromatic nitrogens is 1. The van der Waals surface area contributed by atoms with Gasteiger partial charge in [-0.1, -0.05) is 41.1 Å². The van der Waals surface area contributed by atoms with Crippen molar-refractivity contribution in [3.05, 3.63) is 41.6 Å². The Bertz CT molecular complexity index is 493. The molecule has 1 atom stereocenters. The van der Waals surface area contributed by atoms with Crippen LogP contribution in [-0.4, -0.2) is 9.81 Å². The number of aryl methyl sites for hydroxylation is 1. The van der Waals surface area contributed by atoms with Gasteiger partial charge in [0.05, 0.1) is 5.52 Å². The van der Waals surface area contributed by atoms with Crippen LogP contribution in [0.2, 0.25) is 0 Å². The molecule has 0 fully saturated rings. The summed E-state index contributed by atoms with van der Waals surface area (Å²) in [6.07, 6.45) is 2.14. The highest BCUT2D eigenvalue weighted by molar-refractivity contribution is 9.09. The lowest BCUT2D eigenvalue weighted by molar-refractivity contribution is 0.807. The molecule has 84 valence electrons. The zero-order valence-corrected chi connectivity index (χ0v) is 11.3. The maximum Gasteiger partial charge on any atom is 0.0705 e. The van der Waals surface area contributed by atoms with E-state index in [1.54, 1.807) is 0 Å². The number of hydrogen-bond acceptors (Lipinski definition) is 1. The van der Waals surface area contributed by atoms with Crippen molar-refractivity contribution in [2.75, 3.05) is 0 Å². The molecule has 0 aliphatic carbocycles. The molecule has 2 rings (SSSR count). The number of fused-ring (bicyclic) bond motifs is 1. The van der Waals surface area contributed by atoms with E-state index in [0.717, 1.165) is 18.4 Å². The van der Waals surface area contributed by atoms with Gasteiger partial charge in [0.15, 0.2) is 0 Å². The van der Waals surface area contributed by atoms with Crippen molar-refractivity contribution in [1.82, 2.24) is 4.98 Å². The fraction of sp³-hybridized carbons (Fsp3) is 0.357. The van der Waals surface area contributed by atoms with E-state index in [1.165, 1.54) is 16.6 Å². The summed E-state index contributed by atoms with van der Waals surface area (Å²) >= 11 is 3.67. The Morgan fingerprint density at radius 3 is 2.81 bits per heavy atom. The molecule has 1 aromatic carbocycles. The summed E-state index contributed by atoms with van der Waals surface area (Å²) in [6, 6.07) is 10.5. The van der Waals surface area contributed by atoms with Gasteiger partial charge in [-0.05, 0) is 31.0 Å². The Balaban J connectivity index is 2.42. The van der Waals surface area contributed by atoms with Crippen LogP contribution in [0.15, 0.2) is 30.3 Å². The topological polar surface area (TPSA) is 12.9 Å². The van der Waals surface area contributed by atoms with Crippen LogP contribution < -0.4 is 0 Å². The first-order valence-electron chi connectivity index (χ1n) is 5.70.